The summed E-state index contributed by atoms with van der Waals surface area (Å²) in [6, 6.07) is 0. The Morgan fingerprint density at radius 2 is 0.762 bits per heavy atom. The zero-order chi connectivity index (χ0) is 15.7. The third kappa shape index (κ3) is 2.98. The fourth-order valence-electron chi connectivity index (χ4n) is 4.77. The Morgan fingerprint density at radius 3 is 1.00 bits per heavy atom. The number of aliphatic hydroxyl groups is 6. The van der Waals surface area contributed by atoms with Crippen LogP contribution < -0.4 is 0 Å². The third-order valence-electron chi connectivity index (χ3n) is 5.61. The number of hydrogen-bond donors (Lipinski definition) is 6. The quantitative estimate of drug-likeness (QED) is 0.418. The van der Waals surface area contributed by atoms with E-state index in [1.807, 2.05) is 0 Å². The summed E-state index contributed by atoms with van der Waals surface area (Å²) >= 11 is 0. The smallest absolute Gasteiger partial charge is 0.289 e. The first-order valence-electron chi connectivity index (χ1n) is 8.05. The van der Waals surface area contributed by atoms with Gasteiger partial charge in [-0.05, 0) is 37.5 Å². The van der Waals surface area contributed by atoms with E-state index in [9.17, 15) is 30.6 Å². The fourth-order valence-corrected chi connectivity index (χ4v) is 4.77. The molecule has 0 aromatic heterocycles. The van der Waals surface area contributed by atoms with Gasteiger partial charge in [0, 0.05) is 0 Å². The summed E-state index contributed by atoms with van der Waals surface area (Å²) in [5, 5.41) is 60.0. The Bertz CT molecular complexity index is 297. The Balaban J connectivity index is 2.47. The lowest BCUT2D eigenvalue weighted by molar-refractivity contribution is -0.507. The second-order valence-corrected chi connectivity index (χ2v) is 6.81. The van der Waals surface area contributed by atoms with E-state index in [-0.39, 0.29) is 0 Å². The molecule has 0 unspecified atom stereocenters. The molecule has 0 aromatic carbocycles. The van der Waals surface area contributed by atoms with Crippen molar-refractivity contribution in [3.63, 3.8) is 0 Å². The largest absolute Gasteiger partial charge is 0.343 e. The lowest BCUT2D eigenvalue weighted by atomic mass is 9.55. The predicted octanol–water partition coefficient (Wildman–Crippen LogP) is 0.395. The zero-order valence-corrected chi connectivity index (χ0v) is 12.4. The number of rotatable bonds is 4. The highest BCUT2D eigenvalue weighted by atomic mass is 16.7. The lowest BCUT2D eigenvalue weighted by Crippen LogP contribution is -2.69. The zero-order valence-electron chi connectivity index (χ0n) is 12.4. The predicted molar refractivity (Wildman–Crippen MR) is 74.4 cm³/mol. The third-order valence-corrected chi connectivity index (χ3v) is 5.61. The van der Waals surface area contributed by atoms with Gasteiger partial charge in [0.2, 0.25) is 0 Å². The molecule has 2 fully saturated rings. The molecule has 0 heterocycles. The molecular weight excluding hydrogens is 276 g/mol. The average Bonchev–Trinajstić information content (AvgIpc) is 2.38. The van der Waals surface area contributed by atoms with Crippen LogP contribution in [0, 0.1) is 17.3 Å². The maximum Gasteiger partial charge on any atom is 0.289 e. The van der Waals surface area contributed by atoms with Crippen LogP contribution in [0.15, 0.2) is 0 Å². The summed E-state index contributed by atoms with van der Waals surface area (Å²) in [5.41, 5.74) is -2.15. The molecule has 6 heteroatoms. The molecule has 2 aliphatic rings. The maximum absolute atomic E-state index is 10.00. The topological polar surface area (TPSA) is 121 Å². The fraction of sp³-hybridized carbons (Fsp3) is 1.00. The van der Waals surface area contributed by atoms with Gasteiger partial charge in [-0.15, -0.1) is 0 Å². The van der Waals surface area contributed by atoms with Gasteiger partial charge in [-0.2, -0.15) is 0 Å². The molecule has 0 amide bonds. The molecule has 0 aliphatic heterocycles. The van der Waals surface area contributed by atoms with Gasteiger partial charge >= 0.3 is 0 Å². The Hall–Kier alpha value is -0.240. The summed E-state index contributed by atoms with van der Waals surface area (Å²) < 4.78 is 0. The Labute approximate surface area is 125 Å². The van der Waals surface area contributed by atoms with E-state index in [1.54, 1.807) is 0 Å². The summed E-state index contributed by atoms with van der Waals surface area (Å²) in [6.07, 6.45) is 7.34. The summed E-state index contributed by atoms with van der Waals surface area (Å²) in [4.78, 5) is 0. The molecule has 0 radical (unpaired) electrons. The molecule has 6 nitrogen and oxygen atoms in total. The summed E-state index contributed by atoms with van der Waals surface area (Å²) in [5.74, 6) is -7.77. The molecule has 2 rings (SSSR count). The van der Waals surface area contributed by atoms with Gasteiger partial charge in [0.1, 0.15) is 5.41 Å². The first kappa shape index (κ1) is 17.1. The van der Waals surface area contributed by atoms with Gasteiger partial charge in [-0.25, -0.2) is 0 Å². The molecule has 0 saturated heterocycles. The summed E-state index contributed by atoms with van der Waals surface area (Å²) in [7, 11) is 0. The molecular formula is C15H28O6. The van der Waals surface area contributed by atoms with Gasteiger partial charge < -0.3 is 30.6 Å². The van der Waals surface area contributed by atoms with Gasteiger partial charge in [-0.3, -0.25) is 0 Å². The van der Waals surface area contributed by atoms with Crippen LogP contribution in [0.1, 0.15) is 64.2 Å². The van der Waals surface area contributed by atoms with Crippen LogP contribution in [0.2, 0.25) is 0 Å². The van der Waals surface area contributed by atoms with E-state index in [1.165, 1.54) is 0 Å². The van der Waals surface area contributed by atoms with Crippen LogP contribution in [-0.4, -0.2) is 42.6 Å². The average molecular weight is 304 g/mol. The molecule has 0 spiro atoms. The second-order valence-electron chi connectivity index (χ2n) is 6.81. The van der Waals surface area contributed by atoms with Gasteiger partial charge in [0.05, 0.1) is 0 Å². The van der Waals surface area contributed by atoms with E-state index in [2.05, 4.69) is 0 Å². The van der Waals surface area contributed by atoms with Gasteiger partial charge in [0.25, 0.3) is 11.9 Å². The van der Waals surface area contributed by atoms with Crippen molar-refractivity contribution >= 4 is 0 Å². The lowest BCUT2D eigenvalue weighted by Gasteiger charge is -2.55. The van der Waals surface area contributed by atoms with Crippen molar-refractivity contribution in [2.24, 2.45) is 17.3 Å². The van der Waals surface area contributed by atoms with E-state index in [0.717, 1.165) is 38.5 Å². The van der Waals surface area contributed by atoms with Crippen molar-refractivity contribution in [2.75, 3.05) is 0 Å². The number of hydrogen-bond acceptors (Lipinski definition) is 6. The minimum Gasteiger partial charge on any atom is -0.343 e. The van der Waals surface area contributed by atoms with Crippen molar-refractivity contribution in [1.82, 2.24) is 0 Å². The monoisotopic (exact) mass is 304 g/mol. The van der Waals surface area contributed by atoms with Crippen LogP contribution in [0.5, 0.6) is 0 Å². The standard InChI is InChI=1S/C15H28O6/c16-14(17,18)13(15(19,20)21,11-7-3-1-4-8-11)12-9-5-2-6-10-12/h11-12,16-21H,1-10H2. The van der Waals surface area contributed by atoms with Crippen molar-refractivity contribution < 1.29 is 30.6 Å². The highest BCUT2D eigenvalue weighted by molar-refractivity contribution is 5.02. The molecule has 0 bridgehead atoms. The minimum atomic E-state index is -3.34. The Kier molecular flexibility index (Phi) is 4.97. The van der Waals surface area contributed by atoms with Gasteiger partial charge in [-0.1, -0.05) is 38.5 Å². The van der Waals surface area contributed by atoms with E-state index in [0.29, 0.717) is 25.7 Å². The molecule has 2 aliphatic carbocycles. The second kappa shape index (κ2) is 6.10. The summed E-state index contributed by atoms with van der Waals surface area (Å²) in [6.45, 7) is 0. The SMILES string of the molecule is OC(O)(O)C(C1CCCCC1)(C1CCCCC1)C(O)(O)O. The van der Waals surface area contributed by atoms with Crippen molar-refractivity contribution in [1.29, 1.82) is 0 Å². The van der Waals surface area contributed by atoms with Gasteiger partial charge in [0.15, 0.2) is 0 Å². The van der Waals surface area contributed by atoms with Crippen molar-refractivity contribution in [2.45, 2.75) is 76.2 Å². The molecule has 0 atom stereocenters. The molecule has 0 aromatic rings. The van der Waals surface area contributed by atoms with E-state index < -0.39 is 29.2 Å². The highest BCUT2D eigenvalue weighted by Crippen LogP contribution is 2.57. The first-order chi connectivity index (χ1) is 9.71. The Morgan fingerprint density at radius 1 is 0.476 bits per heavy atom. The molecule has 21 heavy (non-hydrogen) atoms. The highest BCUT2D eigenvalue weighted by Gasteiger charge is 2.69. The molecule has 124 valence electrons. The maximum atomic E-state index is 10.00. The van der Waals surface area contributed by atoms with Crippen molar-refractivity contribution in [3.8, 4) is 0 Å². The van der Waals surface area contributed by atoms with Crippen LogP contribution in [0.4, 0.5) is 0 Å². The van der Waals surface area contributed by atoms with Crippen LogP contribution in [0.25, 0.3) is 0 Å². The van der Waals surface area contributed by atoms with Crippen molar-refractivity contribution in [3.05, 3.63) is 0 Å². The molecule has 6 N–H and O–H groups in total. The first-order valence-corrected chi connectivity index (χ1v) is 8.05. The normalized spacial score (nSPS) is 24.3. The van der Waals surface area contributed by atoms with Crippen LogP contribution >= 0.6 is 0 Å². The molecule has 2 saturated carbocycles. The van der Waals surface area contributed by atoms with E-state index in [4.69, 9.17) is 0 Å². The minimum absolute atomic E-state index is 0.531. The van der Waals surface area contributed by atoms with E-state index >= 15 is 0 Å². The van der Waals surface area contributed by atoms with Crippen LogP contribution in [-0.2, 0) is 0 Å². The van der Waals surface area contributed by atoms with Crippen LogP contribution in [0.3, 0.4) is 0 Å².